The van der Waals surface area contributed by atoms with Crippen molar-refractivity contribution in [3.63, 3.8) is 0 Å². The average molecular weight is 295 g/mol. The van der Waals surface area contributed by atoms with Crippen molar-refractivity contribution in [2.75, 3.05) is 18.0 Å². The fourth-order valence-electron chi connectivity index (χ4n) is 3.13. The Bertz CT molecular complexity index is 413. The van der Waals surface area contributed by atoms with Crippen LogP contribution in [0.3, 0.4) is 0 Å². The van der Waals surface area contributed by atoms with Gasteiger partial charge in [-0.3, -0.25) is 0 Å². The van der Waals surface area contributed by atoms with E-state index in [-0.39, 0.29) is 0 Å². The molecule has 1 aromatic rings. The van der Waals surface area contributed by atoms with E-state index in [0.717, 1.165) is 31.1 Å². The van der Waals surface area contributed by atoms with Gasteiger partial charge in [0, 0.05) is 29.8 Å². The van der Waals surface area contributed by atoms with E-state index in [1.165, 1.54) is 36.9 Å². The Hall–Kier alpha value is -0.730. The minimum atomic E-state index is 0.708. The zero-order valence-electron chi connectivity index (χ0n) is 12.8. The molecule has 0 spiro atoms. The molecule has 1 fully saturated rings. The van der Waals surface area contributed by atoms with Gasteiger partial charge in [0.1, 0.15) is 0 Å². The second kappa shape index (κ2) is 7.90. The Morgan fingerprint density at radius 2 is 2.00 bits per heavy atom. The summed E-state index contributed by atoms with van der Waals surface area (Å²) in [5.41, 5.74) is 2.48. The van der Waals surface area contributed by atoms with Crippen LogP contribution in [0.25, 0.3) is 0 Å². The standard InChI is InChI=1S/C17H27ClN2/c1-3-11-19-13-14-9-10-16(12-17(14)18)20(4-2)15-7-5-6-8-15/h9-10,12,15,19H,3-8,11,13H2,1-2H3. The summed E-state index contributed by atoms with van der Waals surface area (Å²) in [7, 11) is 0. The third kappa shape index (κ3) is 3.89. The maximum atomic E-state index is 6.45. The topological polar surface area (TPSA) is 15.3 Å². The number of rotatable bonds is 7. The number of benzene rings is 1. The zero-order chi connectivity index (χ0) is 14.4. The van der Waals surface area contributed by atoms with Gasteiger partial charge in [-0.1, -0.05) is 37.4 Å². The zero-order valence-corrected chi connectivity index (χ0v) is 13.5. The number of halogens is 1. The molecule has 3 heteroatoms. The number of nitrogens with zero attached hydrogens (tertiary/aromatic N) is 1. The molecule has 0 unspecified atom stereocenters. The molecule has 0 atom stereocenters. The van der Waals surface area contributed by atoms with Crippen LogP contribution in [0.4, 0.5) is 5.69 Å². The smallest absolute Gasteiger partial charge is 0.0471 e. The molecule has 0 radical (unpaired) electrons. The number of hydrogen-bond acceptors (Lipinski definition) is 2. The van der Waals surface area contributed by atoms with Gasteiger partial charge in [0.25, 0.3) is 0 Å². The average Bonchev–Trinajstić information content (AvgIpc) is 2.96. The van der Waals surface area contributed by atoms with Crippen molar-refractivity contribution in [1.29, 1.82) is 0 Å². The maximum Gasteiger partial charge on any atom is 0.0471 e. The minimum absolute atomic E-state index is 0.708. The van der Waals surface area contributed by atoms with Crippen LogP contribution in [0.1, 0.15) is 51.5 Å². The monoisotopic (exact) mass is 294 g/mol. The van der Waals surface area contributed by atoms with Crippen LogP contribution in [0.5, 0.6) is 0 Å². The van der Waals surface area contributed by atoms with Crippen LogP contribution >= 0.6 is 11.6 Å². The van der Waals surface area contributed by atoms with Gasteiger partial charge in [0.05, 0.1) is 0 Å². The van der Waals surface area contributed by atoms with Gasteiger partial charge in [0.15, 0.2) is 0 Å². The maximum absolute atomic E-state index is 6.45. The Kier molecular flexibility index (Phi) is 6.18. The molecule has 1 aromatic carbocycles. The summed E-state index contributed by atoms with van der Waals surface area (Å²) in [4.78, 5) is 2.52. The second-order valence-corrected chi connectivity index (χ2v) is 6.08. The van der Waals surface area contributed by atoms with Crippen LogP contribution in [0.2, 0.25) is 5.02 Å². The summed E-state index contributed by atoms with van der Waals surface area (Å²) in [5.74, 6) is 0. The van der Waals surface area contributed by atoms with Gasteiger partial charge in [-0.05, 0) is 50.4 Å². The van der Waals surface area contributed by atoms with Gasteiger partial charge in [-0.2, -0.15) is 0 Å². The Balaban J connectivity index is 2.06. The highest BCUT2D eigenvalue weighted by atomic mass is 35.5. The van der Waals surface area contributed by atoms with Crippen molar-refractivity contribution in [3.05, 3.63) is 28.8 Å². The largest absolute Gasteiger partial charge is 0.369 e. The van der Waals surface area contributed by atoms with E-state index < -0.39 is 0 Å². The first-order valence-corrected chi connectivity index (χ1v) is 8.39. The highest BCUT2D eigenvalue weighted by molar-refractivity contribution is 6.31. The van der Waals surface area contributed by atoms with E-state index in [0.29, 0.717) is 6.04 Å². The predicted molar refractivity (Wildman–Crippen MR) is 88.7 cm³/mol. The van der Waals surface area contributed by atoms with Crippen molar-refractivity contribution in [2.24, 2.45) is 0 Å². The summed E-state index contributed by atoms with van der Waals surface area (Å²) in [6.45, 7) is 7.39. The van der Waals surface area contributed by atoms with E-state index in [1.54, 1.807) is 0 Å². The molecule has 1 saturated carbocycles. The van der Waals surface area contributed by atoms with Gasteiger partial charge >= 0.3 is 0 Å². The van der Waals surface area contributed by atoms with Crippen molar-refractivity contribution < 1.29 is 0 Å². The first-order chi connectivity index (χ1) is 9.76. The van der Waals surface area contributed by atoms with Crippen LogP contribution < -0.4 is 10.2 Å². The minimum Gasteiger partial charge on any atom is -0.369 e. The fourth-order valence-corrected chi connectivity index (χ4v) is 3.37. The van der Waals surface area contributed by atoms with Crippen molar-refractivity contribution in [2.45, 2.75) is 58.5 Å². The second-order valence-electron chi connectivity index (χ2n) is 5.68. The lowest BCUT2D eigenvalue weighted by molar-refractivity contribution is 0.619. The van der Waals surface area contributed by atoms with E-state index in [2.05, 4.69) is 42.3 Å². The third-order valence-electron chi connectivity index (χ3n) is 4.22. The number of anilines is 1. The Morgan fingerprint density at radius 3 is 2.60 bits per heavy atom. The van der Waals surface area contributed by atoms with E-state index in [9.17, 15) is 0 Å². The Labute approximate surface area is 128 Å². The van der Waals surface area contributed by atoms with Gasteiger partial charge < -0.3 is 10.2 Å². The lowest BCUT2D eigenvalue weighted by Gasteiger charge is -2.30. The van der Waals surface area contributed by atoms with Crippen LogP contribution in [-0.2, 0) is 6.54 Å². The van der Waals surface area contributed by atoms with Crippen molar-refractivity contribution >= 4 is 17.3 Å². The van der Waals surface area contributed by atoms with Gasteiger partial charge in [-0.25, -0.2) is 0 Å². The summed E-state index contributed by atoms with van der Waals surface area (Å²) in [6, 6.07) is 7.26. The predicted octanol–water partition coefficient (Wildman–Crippen LogP) is 4.61. The highest BCUT2D eigenvalue weighted by Crippen LogP contribution is 2.30. The van der Waals surface area contributed by atoms with Crippen molar-refractivity contribution in [1.82, 2.24) is 5.32 Å². The lowest BCUT2D eigenvalue weighted by atomic mass is 10.1. The van der Waals surface area contributed by atoms with E-state index in [4.69, 9.17) is 11.6 Å². The fraction of sp³-hybridized carbons (Fsp3) is 0.647. The first-order valence-electron chi connectivity index (χ1n) is 8.02. The molecule has 0 heterocycles. The molecule has 112 valence electrons. The van der Waals surface area contributed by atoms with Crippen molar-refractivity contribution in [3.8, 4) is 0 Å². The third-order valence-corrected chi connectivity index (χ3v) is 4.57. The molecular formula is C17H27ClN2. The Morgan fingerprint density at radius 1 is 1.25 bits per heavy atom. The summed E-state index contributed by atoms with van der Waals surface area (Å²) in [6.07, 6.45) is 6.54. The highest BCUT2D eigenvalue weighted by Gasteiger charge is 2.22. The van der Waals surface area contributed by atoms with Gasteiger partial charge in [-0.15, -0.1) is 0 Å². The molecule has 1 aliphatic carbocycles. The quantitative estimate of drug-likeness (QED) is 0.739. The van der Waals surface area contributed by atoms with Crippen LogP contribution in [-0.4, -0.2) is 19.1 Å². The van der Waals surface area contributed by atoms with Crippen LogP contribution in [0, 0.1) is 0 Å². The lowest BCUT2D eigenvalue weighted by Crippen LogP contribution is -2.32. The molecule has 0 amide bonds. The molecule has 2 rings (SSSR count). The summed E-state index contributed by atoms with van der Waals surface area (Å²) >= 11 is 6.45. The molecule has 0 aliphatic heterocycles. The summed E-state index contributed by atoms with van der Waals surface area (Å²) < 4.78 is 0. The molecule has 2 nitrogen and oxygen atoms in total. The van der Waals surface area contributed by atoms with E-state index in [1.807, 2.05) is 0 Å². The molecule has 0 saturated heterocycles. The summed E-state index contributed by atoms with van der Waals surface area (Å²) in [5, 5.41) is 4.30. The molecule has 0 aromatic heterocycles. The van der Waals surface area contributed by atoms with Crippen LogP contribution in [0.15, 0.2) is 18.2 Å². The molecule has 0 bridgehead atoms. The molecular weight excluding hydrogens is 268 g/mol. The number of hydrogen-bond donors (Lipinski definition) is 1. The molecule has 1 aliphatic rings. The molecule has 20 heavy (non-hydrogen) atoms. The SMILES string of the molecule is CCCNCc1ccc(N(CC)C2CCCC2)cc1Cl. The normalized spacial score (nSPS) is 15.8. The number of nitrogens with one attached hydrogen (secondary N) is 1. The first kappa shape index (κ1) is 15.7. The van der Waals surface area contributed by atoms with E-state index >= 15 is 0 Å². The molecule has 1 N–H and O–H groups in total. The van der Waals surface area contributed by atoms with Gasteiger partial charge in [0.2, 0.25) is 0 Å².